The van der Waals surface area contributed by atoms with Crippen LogP contribution in [0.2, 0.25) is 0 Å². The van der Waals surface area contributed by atoms with Gasteiger partial charge in [-0.25, -0.2) is 9.18 Å². The van der Waals surface area contributed by atoms with Crippen LogP contribution in [-0.4, -0.2) is 39.3 Å². The van der Waals surface area contributed by atoms with Gasteiger partial charge >= 0.3 is 5.97 Å². The van der Waals surface area contributed by atoms with Gasteiger partial charge in [0, 0.05) is 17.7 Å². The van der Waals surface area contributed by atoms with Crippen LogP contribution in [0.5, 0.6) is 0 Å². The fraction of sp³-hybridized carbons (Fsp3) is 0.333. The number of rotatable bonds is 4. The number of halogens is 1. The maximum atomic E-state index is 14.2. The summed E-state index contributed by atoms with van der Waals surface area (Å²) < 4.78 is 14.2. The van der Waals surface area contributed by atoms with Crippen molar-refractivity contribution >= 4 is 5.97 Å². The van der Waals surface area contributed by atoms with E-state index in [0.717, 1.165) is 13.1 Å². The van der Waals surface area contributed by atoms with Gasteiger partial charge in [0.25, 0.3) is 0 Å². The molecule has 0 atom stereocenters. The molecular weight excluding hydrogens is 273 g/mol. The molecule has 0 amide bonds. The van der Waals surface area contributed by atoms with Gasteiger partial charge in [0.05, 0.1) is 5.69 Å². The molecule has 2 aromatic rings. The van der Waals surface area contributed by atoms with Crippen LogP contribution in [0, 0.1) is 5.82 Å². The van der Waals surface area contributed by atoms with Gasteiger partial charge in [-0.2, -0.15) is 5.10 Å². The number of aromatic carboxylic acids is 1. The van der Waals surface area contributed by atoms with E-state index in [1.54, 1.807) is 12.1 Å². The molecule has 110 valence electrons. The highest BCUT2D eigenvalue weighted by Gasteiger charge is 2.15. The van der Waals surface area contributed by atoms with Crippen molar-refractivity contribution in [1.82, 2.24) is 15.1 Å². The maximum Gasteiger partial charge on any atom is 0.353 e. The number of likely N-dealkylation sites (tertiary alicyclic amines) is 1. The van der Waals surface area contributed by atoms with Crippen molar-refractivity contribution in [2.24, 2.45) is 0 Å². The SMILES string of the molecule is O=C(O)c1cc(-c2ccc(CN3CCCC3)c(F)c2)n[nH]1. The number of hydrogen-bond acceptors (Lipinski definition) is 3. The Hall–Kier alpha value is -2.21. The van der Waals surface area contributed by atoms with Crippen molar-refractivity contribution in [2.45, 2.75) is 19.4 Å². The number of carboxylic acid groups (broad SMARTS) is 1. The van der Waals surface area contributed by atoms with Crippen LogP contribution in [0.1, 0.15) is 28.9 Å². The third kappa shape index (κ3) is 2.95. The van der Waals surface area contributed by atoms with Gasteiger partial charge < -0.3 is 5.11 Å². The first-order chi connectivity index (χ1) is 10.1. The lowest BCUT2D eigenvalue weighted by molar-refractivity contribution is 0.0690. The zero-order valence-electron chi connectivity index (χ0n) is 11.5. The van der Waals surface area contributed by atoms with Crippen molar-refractivity contribution in [2.75, 3.05) is 13.1 Å². The Morgan fingerprint density at radius 2 is 2.10 bits per heavy atom. The van der Waals surface area contributed by atoms with Crippen LogP contribution in [0.25, 0.3) is 11.3 Å². The zero-order valence-corrected chi connectivity index (χ0v) is 11.5. The third-order valence-corrected chi connectivity index (χ3v) is 3.75. The van der Waals surface area contributed by atoms with E-state index in [-0.39, 0.29) is 11.5 Å². The fourth-order valence-corrected chi connectivity index (χ4v) is 2.60. The predicted molar refractivity (Wildman–Crippen MR) is 75.5 cm³/mol. The smallest absolute Gasteiger partial charge is 0.353 e. The Bertz CT molecular complexity index is 663. The van der Waals surface area contributed by atoms with Gasteiger partial charge in [0.2, 0.25) is 0 Å². The number of hydrogen-bond donors (Lipinski definition) is 2. The Labute approximate surface area is 121 Å². The summed E-state index contributed by atoms with van der Waals surface area (Å²) >= 11 is 0. The molecule has 5 nitrogen and oxygen atoms in total. The highest BCUT2D eigenvalue weighted by atomic mass is 19.1. The number of benzene rings is 1. The van der Waals surface area contributed by atoms with Gasteiger partial charge in [0.15, 0.2) is 0 Å². The second-order valence-electron chi connectivity index (χ2n) is 5.26. The van der Waals surface area contributed by atoms with Crippen molar-refractivity contribution < 1.29 is 14.3 Å². The molecule has 2 N–H and O–H groups in total. The first kappa shape index (κ1) is 13.8. The van der Waals surface area contributed by atoms with E-state index in [1.165, 1.54) is 25.0 Å². The molecule has 3 rings (SSSR count). The number of carbonyl (C=O) groups is 1. The summed E-state index contributed by atoms with van der Waals surface area (Å²) in [5.41, 5.74) is 1.65. The van der Waals surface area contributed by atoms with Crippen molar-refractivity contribution in [3.8, 4) is 11.3 Å². The standard InChI is InChI=1S/C15H16FN3O2/c16-12-7-10(13-8-14(15(20)21)18-17-13)3-4-11(12)9-19-5-1-2-6-19/h3-4,7-8H,1-2,5-6,9H2,(H,17,18)(H,20,21). The second-order valence-corrected chi connectivity index (χ2v) is 5.26. The number of aromatic nitrogens is 2. The third-order valence-electron chi connectivity index (χ3n) is 3.75. The molecule has 1 saturated heterocycles. The molecule has 0 aliphatic carbocycles. The molecule has 0 unspecified atom stereocenters. The van der Waals surface area contributed by atoms with Crippen molar-refractivity contribution in [1.29, 1.82) is 0 Å². The summed E-state index contributed by atoms with van der Waals surface area (Å²) in [5.74, 6) is -1.36. The lowest BCUT2D eigenvalue weighted by Crippen LogP contribution is -2.19. The highest BCUT2D eigenvalue weighted by Crippen LogP contribution is 2.22. The lowest BCUT2D eigenvalue weighted by Gasteiger charge is -2.15. The molecule has 2 heterocycles. The summed E-state index contributed by atoms with van der Waals surface area (Å²) in [6.07, 6.45) is 2.34. The summed E-state index contributed by atoms with van der Waals surface area (Å²) in [7, 11) is 0. The Kier molecular flexibility index (Phi) is 3.70. The second kappa shape index (κ2) is 5.65. The van der Waals surface area contributed by atoms with E-state index in [2.05, 4.69) is 15.1 Å². The minimum atomic E-state index is -1.08. The normalized spacial score (nSPS) is 15.5. The first-order valence-electron chi connectivity index (χ1n) is 6.93. The van der Waals surface area contributed by atoms with Gasteiger partial charge in [-0.3, -0.25) is 10.00 Å². The number of H-pyrrole nitrogens is 1. The molecule has 1 aliphatic rings. The Morgan fingerprint density at radius 3 is 2.71 bits per heavy atom. The van der Waals surface area contributed by atoms with Crippen LogP contribution in [0.4, 0.5) is 4.39 Å². The molecule has 1 fully saturated rings. The largest absolute Gasteiger partial charge is 0.477 e. The quantitative estimate of drug-likeness (QED) is 0.907. The molecule has 0 bridgehead atoms. The number of nitrogens with zero attached hydrogens (tertiary/aromatic N) is 2. The van der Waals surface area contributed by atoms with Gasteiger partial charge in [-0.1, -0.05) is 12.1 Å². The molecule has 0 saturated carbocycles. The van der Waals surface area contributed by atoms with Crippen molar-refractivity contribution in [3.63, 3.8) is 0 Å². The topological polar surface area (TPSA) is 69.2 Å². The highest BCUT2D eigenvalue weighted by molar-refractivity contribution is 5.86. The molecule has 21 heavy (non-hydrogen) atoms. The van der Waals surface area contributed by atoms with Crippen LogP contribution in [0.15, 0.2) is 24.3 Å². The van der Waals surface area contributed by atoms with Gasteiger partial charge in [-0.05, 0) is 38.1 Å². The van der Waals surface area contributed by atoms with E-state index in [4.69, 9.17) is 5.11 Å². The van der Waals surface area contributed by atoms with Crippen LogP contribution in [0.3, 0.4) is 0 Å². The fourth-order valence-electron chi connectivity index (χ4n) is 2.60. The van der Waals surface area contributed by atoms with E-state index in [9.17, 15) is 9.18 Å². The number of carboxylic acids is 1. The average Bonchev–Trinajstić information content (AvgIpc) is 3.12. The Morgan fingerprint density at radius 1 is 1.33 bits per heavy atom. The zero-order chi connectivity index (χ0) is 14.8. The van der Waals surface area contributed by atoms with Crippen LogP contribution < -0.4 is 0 Å². The van der Waals surface area contributed by atoms with Crippen LogP contribution in [-0.2, 0) is 6.54 Å². The number of aromatic amines is 1. The van der Waals surface area contributed by atoms with Crippen molar-refractivity contribution in [3.05, 3.63) is 41.3 Å². The Balaban J connectivity index is 1.80. The summed E-state index contributed by atoms with van der Waals surface area (Å²) in [6.45, 7) is 2.65. The summed E-state index contributed by atoms with van der Waals surface area (Å²) in [5, 5.41) is 15.2. The van der Waals surface area contributed by atoms with E-state index >= 15 is 0 Å². The minimum Gasteiger partial charge on any atom is -0.477 e. The molecule has 1 aromatic heterocycles. The molecule has 6 heteroatoms. The predicted octanol–water partition coefficient (Wildman–Crippen LogP) is 2.51. The first-order valence-corrected chi connectivity index (χ1v) is 6.93. The molecule has 0 radical (unpaired) electrons. The van der Waals surface area contributed by atoms with Gasteiger partial charge in [0.1, 0.15) is 11.5 Å². The van der Waals surface area contributed by atoms with E-state index in [1.807, 2.05) is 0 Å². The van der Waals surface area contributed by atoms with Gasteiger partial charge in [-0.15, -0.1) is 0 Å². The number of nitrogens with one attached hydrogen (secondary N) is 1. The van der Waals surface area contributed by atoms with E-state index in [0.29, 0.717) is 23.4 Å². The van der Waals surface area contributed by atoms with Crippen LogP contribution >= 0.6 is 0 Å². The monoisotopic (exact) mass is 289 g/mol. The van der Waals surface area contributed by atoms with E-state index < -0.39 is 5.97 Å². The average molecular weight is 289 g/mol. The summed E-state index contributed by atoms with van der Waals surface area (Å²) in [4.78, 5) is 13.0. The minimum absolute atomic E-state index is 0.00782. The molecule has 1 aliphatic heterocycles. The molecule has 1 aromatic carbocycles. The molecular formula is C15H16FN3O2. The summed E-state index contributed by atoms with van der Waals surface area (Å²) in [6, 6.07) is 6.33. The lowest BCUT2D eigenvalue weighted by atomic mass is 10.1. The molecule has 0 spiro atoms. The maximum absolute atomic E-state index is 14.2.